The Bertz CT molecular complexity index is 794. The number of carbonyl (C=O) groups excluding carboxylic acids is 1. The number of hydrogen-bond donors (Lipinski definition) is 2. The maximum atomic E-state index is 12.8. The van der Waals surface area contributed by atoms with E-state index in [1.165, 1.54) is 13.2 Å². The number of benzene rings is 1. The number of methoxy groups -OCH3 is 1. The highest BCUT2D eigenvalue weighted by Crippen LogP contribution is 2.27. The number of ether oxygens (including phenoxy) is 2. The van der Waals surface area contributed by atoms with Gasteiger partial charge in [0.25, 0.3) is 0 Å². The number of aliphatic hydroxyl groups excluding tert-OH is 1. The standard InChI is InChI=1S/C20H30N2O6S/c1-27-17-7-3-4-8-19(17)29(25,26)21-16-10-9-15(28-18(16)14-23)13-20(24)22-11-5-2-6-12-22/h3-4,7-8,15-16,18,21,23H,2,5-6,9-14H2,1H3/t15-,16+,18-/m1/s1. The molecular formula is C20H30N2O6S. The first-order chi connectivity index (χ1) is 13.9. The van der Waals surface area contributed by atoms with Crippen molar-refractivity contribution in [2.24, 2.45) is 0 Å². The molecule has 9 heteroatoms. The van der Waals surface area contributed by atoms with Crippen LogP contribution in [0.2, 0.25) is 0 Å². The average Bonchev–Trinajstić information content (AvgIpc) is 2.75. The summed E-state index contributed by atoms with van der Waals surface area (Å²) in [7, 11) is -2.43. The Hall–Kier alpha value is -1.68. The van der Waals surface area contributed by atoms with Crippen molar-refractivity contribution in [3.8, 4) is 5.75 Å². The topological polar surface area (TPSA) is 105 Å². The monoisotopic (exact) mass is 426 g/mol. The van der Waals surface area contributed by atoms with Gasteiger partial charge in [0, 0.05) is 13.1 Å². The highest BCUT2D eigenvalue weighted by Gasteiger charge is 2.36. The lowest BCUT2D eigenvalue weighted by atomic mass is 9.97. The minimum Gasteiger partial charge on any atom is -0.495 e. The van der Waals surface area contributed by atoms with Gasteiger partial charge >= 0.3 is 0 Å². The molecule has 1 aromatic carbocycles. The minimum atomic E-state index is -3.84. The Balaban J connectivity index is 1.61. The van der Waals surface area contributed by atoms with E-state index in [9.17, 15) is 18.3 Å². The molecule has 2 aliphatic rings. The van der Waals surface area contributed by atoms with E-state index in [4.69, 9.17) is 9.47 Å². The largest absolute Gasteiger partial charge is 0.495 e. The van der Waals surface area contributed by atoms with Gasteiger partial charge in [0.15, 0.2) is 0 Å². The number of sulfonamides is 1. The molecule has 0 radical (unpaired) electrons. The van der Waals surface area contributed by atoms with Gasteiger partial charge in [0.05, 0.1) is 38.4 Å². The van der Waals surface area contributed by atoms with Crippen LogP contribution in [0.4, 0.5) is 0 Å². The van der Waals surface area contributed by atoms with Crippen molar-refractivity contribution in [3.05, 3.63) is 24.3 Å². The molecule has 0 spiro atoms. The fourth-order valence-electron chi connectivity index (χ4n) is 3.99. The fourth-order valence-corrected chi connectivity index (χ4v) is 5.46. The van der Waals surface area contributed by atoms with E-state index in [2.05, 4.69) is 4.72 Å². The van der Waals surface area contributed by atoms with Crippen molar-refractivity contribution < 1.29 is 27.8 Å². The molecule has 0 unspecified atom stereocenters. The Morgan fingerprint density at radius 2 is 1.97 bits per heavy atom. The van der Waals surface area contributed by atoms with Gasteiger partial charge in [-0.15, -0.1) is 0 Å². The zero-order chi connectivity index (χ0) is 20.9. The first-order valence-corrected chi connectivity index (χ1v) is 11.6. The summed E-state index contributed by atoms with van der Waals surface area (Å²) in [6, 6.07) is 5.80. The number of hydrogen-bond acceptors (Lipinski definition) is 6. The number of likely N-dealkylation sites (tertiary alicyclic amines) is 1. The second kappa shape index (κ2) is 9.88. The van der Waals surface area contributed by atoms with E-state index in [0.29, 0.717) is 12.8 Å². The summed E-state index contributed by atoms with van der Waals surface area (Å²) in [5.74, 6) is 0.321. The molecule has 0 bridgehead atoms. The Labute approximate surface area is 172 Å². The lowest BCUT2D eigenvalue weighted by molar-refractivity contribution is -0.140. The summed E-state index contributed by atoms with van der Waals surface area (Å²) in [6.07, 6.45) is 3.51. The molecular weight excluding hydrogens is 396 g/mol. The van der Waals surface area contributed by atoms with E-state index in [1.54, 1.807) is 18.2 Å². The van der Waals surface area contributed by atoms with Crippen molar-refractivity contribution in [1.82, 2.24) is 9.62 Å². The number of piperidine rings is 1. The summed E-state index contributed by atoms with van der Waals surface area (Å²) in [5.41, 5.74) is 0. The lowest BCUT2D eigenvalue weighted by Crippen LogP contribution is -2.51. The summed E-state index contributed by atoms with van der Waals surface area (Å²) < 4.78 is 39.3. The Kier molecular flexibility index (Phi) is 7.50. The van der Waals surface area contributed by atoms with Gasteiger partial charge in [-0.3, -0.25) is 4.79 Å². The molecule has 0 aromatic heterocycles. The van der Waals surface area contributed by atoms with Crippen LogP contribution >= 0.6 is 0 Å². The molecule has 2 N–H and O–H groups in total. The molecule has 2 aliphatic heterocycles. The van der Waals surface area contributed by atoms with Gasteiger partial charge in [-0.1, -0.05) is 12.1 Å². The van der Waals surface area contributed by atoms with Crippen LogP contribution in [0.3, 0.4) is 0 Å². The SMILES string of the molecule is COc1ccccc1S(=O)(=O)N[C@H]1CC[C@H](CC(=O)N2CCCCC2)O[C@@H]1CO. The van der Waals surface area contributed by atoms with Crippen LogP contribution in [0.5, 0.6) is 5.75 Å². The van der Waals surface area contributed by atoms with E-state index < -0.39 is 22.2 Å². The predicted molar refractivity (Wildman–Crippen MR) is 107 cm³/mol. The van der Waals surface area contributed by atoms with Crippen molar-refractivity contribution >= 4 is 15.9 Å². The second-order valence-corrected chi connectivity index (χ2v) is 9.26. The quantitative estimate of drug-likeness (QED) is 0.681. The molecule has 1 amide bonds. The number of aliphatic hydroxyl groups is 1. The third-order valence-electron chi connectivity index (χ3n) is 5.57. The lowest BCUT2D eigenvalue weighted by Gasteiger charge is -2.37. The van der Waals surface area contributed by atoms with Crippen molar-refractivity contribution in [2.45, 2.75) is 61.7 Å². The number of carbonyl (C=O) groups is 1. The highest BCUT2D eigenvalue weighted by atomic mass is 32.2. The molecule has 2 saturated heterocycles. The number of para-hydroxylation sites is 1. The van der Waals surface area contributed by atoms with Crippen molar-refractivity contribution in [3.63, 3.8) is 0 Å². The van der Waals surface area contributed by atoms with Crippen LogP contribution in [0.15, 0.2) is 29.2 Å². The molecule has 162 valence electrons. The van der Waals surface area contributed by atoms with Gasteiger partial charge in [0.1, 0.15) is 10.6 Å². The maximum absolute atomic E-state index is 12.8. The van der Waals surface area contributed by atoms with E-state index >= 15 is 0 Å². The highest BCUT2D eigenvalue weighted by molar-refractivity contribution is 7.89. The molecule has 8 nitrogen and oxygen atoms in total. The van der Waals surface area contributed by atoms with E-state index in [-0.39, 0.29) is 35.7 Å². The molecule has 3 rings (SSSR count). The van der Waals surface area contributed by atoms with Crippen LogP contribution in [0, 0.1) is 0 Å². The van der Waals surface area contributed by atoms with Crippen molar-refractivity contribution in [2.75, 3.05) is 26.8 Å². The zero-order valence-corrected chi connectivity index (χ0v) is 17.6. The number of amides is 1. The normalized spacial score (nSPS) is 25.6. The fraction of sp³-hybridized carbons (Fsp3) is 0.650. The summed E-state index contributed by atoms with van der Waals surface area (Å²) in [4.78, 5) is 14.4. The van der Waals surface area contributed by atoms with E-state index in [0.717, 1.165) is 32.4 Å². The Morgan fingerprint density at radius 1 is 1.24 bits per heavy atom. The van der Waals surface area contributed by atoms with Gasteiger partial charge in [-0.25, -0.2) is 13.1 Å². The van der Waals surface area contributed by atoms with Crippen LogP contribution in [0.1, 0.15) is 38.5 Å². The van der Waals surface area contributed by atoms with Crippen LogP contribution in [-0.2, 0) is 19.6 Å². The number of nitrogens with one attached hydrogen (secondary N) is 1. The first kappa shape index (κ1) is 22.0. The zero-order valence-electron chi connectivity index (χ0n) is 16.7. The molecule has 29 heavy (non-hydrogen) atoms. The molecule has 1 aromatic rings. The average molecular weight is 427 g/mol. The third-order valence-corrected chi connectivity index (χ3v) is 7.10. The van der Waals surface area contributed by atoms with Gasteiger partial charge in [-0.05, 0) is 44.2 Å². The number of rotatable bonds is 7. The summed E-state index contributed by atoms with van der Waals surface area (Å²) in [6.45, 7) is 1.25. The molecule has 2 heterocycles. The van der Waals surface area contributed by atoms with Crippen LogP contribution < -0.4 is 9.46 Å². The predicted octanol–water partition coefficient (Wildman–Crippen LogP) is 1.28. The molecule has 2 fully saturated rings. The smallest absolute Gasteiger partial charge is 0.244 e. The Morgan fingerprint density at radius 3 is 2.66 bits per heavy atom. The number of nitrogens with zero attached hydrogens (tertiary/aromatic N) is 1. The summed E-state index contributed by atoms with van der Waals surface area (Å²) >= 11 is 0. The maximum Gasteiger partial charge on any atom is 0.244 e. The van der Waals surface area contributed by atoms with Gasteiger partial charge in [0.2, 0.25) is 15.9 Å². The minimum absolute atomic E-state index is 0.0431. The van der Waals surface area contributed by atoms with Gasteiger partial charge < -0.3 is 19.5 Å². The second-order valence-electron chi connectivity index (χ2n) is 7.58. The van der Waals surface area contributed by atoms with Crippen LogP contribution in [0.25, 0.3) is 0 Å². The van der Waals surface area contributed by atoms with E-state index in [1.807, 2.05) is 4.90 Å². The van der Waals surface area contributed by atoms with Gasteiger partial charge in [-0.2, -0.15) is 0 Å². The molecule has 3 atom stereocenters. The van der Waals surface area contributed by atoms with Crippen LogP contribution in [-0.4, -0.2) is 69.4 Å². The molecule has 0 saturated carbocycles. The first-order valence-electron chi connectivity index (χ1n) is 10.1. The third kappa shape index (κ3) is 5.48. The van der Waals surface area contributed by atoms with Crippen molar-refractivity contribution in [1.29, 1.82) is 0 Å². The summed E-state index contributed by atoms with van der Waals surface area (Å²) in [5, 5.41) is 9.75. The molecule has 0 aliphatic carbocycles.